The van der Waals surface area contributed by atoms with Crippen LogP contribution in [0.2, 0.25) is 0 Å². The van der Waals surface area contributed by atoms with Crippen LogP contribution < -0.4 is 11.1 Å². The van der Waals surface area contributed by atoms with E-state index in [9.17, 15) is 4.79 Å². The molecule has 1 aromatic heterocycles. The molecule has 2 fully saturated rings. The van der Waals surface area contributed by atoms with E-state index in [0.29, 0.717) is 13.2 Å². The molecule has 0 radical (unpaired) electrons. The van der Waals surface area contributed by atoms with Crippen LogP contribution in [-0.4, -0.2) is 30.7 Å². The van der Waals surface area contributed by atoms with Crippen LogP contribution in [0.4, 0.5) is 0 Å². The number of hydrogen-bond acceptors (Lipinski definition) is 4. The quantitative estimate of drug-likeness (QED) is 0.852. The summed E-state index contributed by atoms with van der Waals surface area (Å²) in [6.07, 6.45) is 1.85. The Morgan fingerprint density at radius 1 is 1.57 bits per heavy atom. The summed E-state index contributed by atoms with van der Waals surface area (Å²) >= 11 is 5.14. The number of ether oxygens (including phenoxy) is 1. The largest absolute Gasteiger partial charge is 0.377 e. The number of fused-ring (bicyclic) bond motifs is 1. The van der Waals surface area contributed by atoms with E-state index in [4.69, 9.17) is 10.5 Å². The number of rotatable bonds is 4. The Morgan fingerprint density at radius 3 is 3.00 bits per heavy atom. The average molecular weight is 373 g/mol. The minimum Gasteiger partial charge on any atom is -0.377 e. The summed E-state index contributed by atoms with van der Waals surface area (Å²) in [5.41, 5.74) is 5.39. The van der Waals surface area contributed by atoms with Crippen molar-refractivity contribution in [1.29, 1.82) is 0 Å². The van der Waals surface area contributed by atoms with Crippen molar-refractivity contribution in [2.24, 2.45) is 17.1 Å². The van der Waals surface area contributed by atoms with Crippen LogP contribution in [0.25, 0.3) is 0 Å². The number of carbonyl (C=O) groups is 1. The number of nitrogens with one attached hydrogen (secondary N) is 1. The number of halogens is 1. The number of carbonyl (C=O) groups excluding carboxylic acids is 1. The molecule has 4 nitrogen and oxygen atoms in total. The summed E-state index contributed by atoms with van der Waals surface area (Å²) in [6, 6.07) is 4.11. The van der Waals surface area contributed by atoms with E-state index in [-0.39, 0.29) is 23.3 Å². The lowest BCUT2D eigenvalue weighted by atomic mass is 9.48. The van der Waals surface area contributed by atoms with E-state index in [1.807, 2.05) is 19.9 Å². The Kier molecular flexibility index (Phi) is 3.93. The van der Waals surface area contributed by atoms with Crippen LogP contribution in [-0.2, 0) is 16.0 Å². The molecule has 1 aromatic rings. The topological polar surface area (TPSA) is 64.3 Å². The van der Waals surface area contributed by atoms with Crippen LogP contribution in [0, 0.1) is 11.3 Å². The lowest BCUT2D eigenvalue weighted by molar-refractivity contribution is -0.175. The summed E-state index contributed by atoms with van der Waals surface area (Å²) in [7, 11) is 0. The van der Waals surface area contributed by atoms with Crippen LogP contribution in [0.1, 0.15) is 25.1 Å². The highest BCUT2D eigenvalue weighted by atomic mass is 79.9. The van der Waals surface area contributed by atoms with E-state index in [0.717, 1.165) is 16.6 Å². The molecule has 0 bridgehead atoms. The molecule has 2 aliphatic rings. The predicted molar refractivity (Wildman–Crippen MR) is 87.3 cm³/mol. The second-order valence-electron chi connectivity index (χ2n) is 6.49. The van der Waals surface area contributed by atoms with Gasteiger partial charge in [0.1, 0.15) is 5.54 Å². The molecular weight excluding hydrogens is 352 g/mol. The van der Waals surface area contributed by atoms with E-state index in [1.54, 1.807) is 11.3 Å². The van der Waals surface area contributed by atoms with Gasteiger partial charge in [-0.25, -0.2) is 0 Å². The van der Waals surface area contributed by atoms with Crippen molar-refractivity contribution < 1.29 is 9.53 Å². The van der Waals surface area contributed by atoms with Gasteiger partial charge < -0.3 is 15.8 Å². The van der Waals surface area contributed by atoms with Crippen LogP contribution in [0.3, 0.4) is 0 Å². The van der Waals surface area contributed by atoms with Crippen molar-refractivity contribution in [3.05, 3.63) is 20.8 Å². The molecule has 21 heavy (non-hydrogen) atoms. The van der Waals surface area contributed by atoms with E-state index < -0.39 is 5.54 Å². The van der Waals surface area contributed by atoms with Gasteiger partial charge in [-0.05, 0) is 40.9 Å². The molecule has 116 valence electrons. The molecule has 3 unspecified atom stereocenters. The number of amides is 1. The first-order valence-corrected chi connectivity index (χ1v) is 8.91. The van der Waals surface area contributed by atoms with Gasteiger partial charge in [0.05, 0.1) is 9.89 Å². The summed E-state index contributed by atoms with van der Waals surface area (Å²) in [5.74, 6) is 0.123. The first kappa shape index (κ1) is 15.5. The normalized spacial score (nSPS) is 33.3. The SMILES string of the molecule is CC1(C)C2OCCC2C1(N)C(=O)NCCc1ccc(Br)s1. The van der Waals surface area contributed by atoms with Crippen molar-refractivity contribution in [2.75, 3.05) is 13.2 Å². The lowest BCUT2D eigenvalue weighted by Gasteiger charge is -2.60. The molecule has 3 rings (SSSR count). The fourth-order valence-electron chi connectivity index (χ4n) is 3.78. The van der Waals surface area contributed by atoms with Gasteiger partial charge in [-0.1, -0.05) is 13.8 Å². The first-order valence-electron chi connectivity index (χ1n) is 7.30. The molecule has 0 aromatic carbocycles. The zero-order valence-corrected chi connectivity index (χ0v) is 14.7. The zero-order valence-electron chi connectivity index (χ0n) is 12.3. The fourth-order valence-corrected chi connectivity index (χ4v) is 5.26. The van der Waals surface area contributed by atoms with Gasteiger partial charge in [0, 0.05) is 29.4 Å². The molecule has 3 N–H and O–H groups in total. The molecule has 1 saturated carbocycles. The van der Waals surface area contributed by atoms with E-state index >= 15 is 0 Å². The third-order valence-electron chi connectivity index (χ3n) is 5.12. The molecule has 1 aliphatic heterocycles. The first-order chi connectivity index (χ1) is 9.87. The van der Waals surface area contributed by atoms with E-state index in [1.165, 1.54) is 4.88 Å². The second kappa shape index (κ2) is 5.33. The molecule has 3 atom stereocenters. The Labute approximate surface area is 137 Å². The van der Waals surface area contributed by atoms with Gasteiger partial charge in [-0.2, -0.15) is 0 Å². The van der Waals surface area contributed by atoms with E-state index in [2.05, 4.69) is 27.3 Å². The number of thiophene rings is 1. The van der Waals surface area contributed by atoms with Gasteiger partial charge in [0.2, 0.25) is 5.91 Å². The van der Waals surface area contributed by atoms with Gasteiger partial charge in [0.15, 0.2) is 0 Å². The molecule has 2 heterocycles. The highest BCUT2D eigenvalue weighted by Gasteiger charge is 2.71. The van der Waals surface area contributed by atoms with Crippen molar-refractivity contribution in [2.45, 2.75) is 38.3 Å². The van der Waals surface area contributed by atoms with Gasteiger partial charge in [0.25, 0.3) is 0 Å². The molecule has 1 aliphatic carbocycles. The van der Waals surface area contributed by atoms with Gasteiger partial charge in [-0.3, -0.25) is 4.79 Å². The molecule has 1 saturated heterocycles. The fraction of sp³-hybridized carbons (Fsp3) is 0.667. The maximum Gasteiger partial charge on any atom is 0.241 e. The maximum atomic E-state index is 12.6. The minimum atomic E-state index is -0.801. The van der Waals surface area contributed by atoms with Crippen molar-refractivity contribution in [1.82, 2.24) is 5.32 Å². The highest BCUT2D eigenvalue weighted by molar-refractivity contribution is 9.11. The number of nitrogens with two attached hydrogens (primary N) is 1. The Bertz CT molecular complexity index is 560. The van der Waals surface area contributed by atoms with Crippen molar-refractivity contribution in [3.8, 4) is 0 Å². The Balaban J connectivity index is 1.60. The van der Waals surface area contributed by atoms with Crippen LogP contribution in [0.15, 0.2) is 15.9 Å². The molecule has 1 amide bonds. The summed E-state index contributed by atoms with van der Waals surface area (Å²) in [4.78, 5) is 13.9. The van der Waals surface area contributed by atoms with Crippen molar-refractivity contribution >= 4 is 33.2 Å². The molecule has 6 heteroatoms. The lowest BCUT2D eigenvalue weighted by Crippen LogP contribution is -2.80. The van der Waals surface area contributed by atoms with Crippen LogP contribution >= 0.6 is 27.3 Å². The Morgan fingerprint density at radius 2 is 2.33 bits per heavy atom. The third kappa shape index (κ3) is 2.27. The molecular formula is C15H21BrN2O2S. The maximum absolute atomic E-state index is 12.6. The smallest absolute Gasteiger partial charge is 0.241 e. The van der Waals surface area contributed by atoms with Crippen molar-refractivity contribution in [3.63, 3.8) is 0 Å². The number of hydrogen-bond donors (Lipinski definition) is 2. The highest BCUT2D eigenvalue weighted by Crippen LogP contribution is 2.58. The average Bonchev–Trinajstić information content (AvgIpc) is 3.05. The third-order valence-corrected chi connectivity index (χ3v) is 6.80. The van der Waals surface area contributed by atoms with Gasteiger partial charge >= 0.3 is 0 Å². The minimum absolute atomic E-state index is 0.0325. The van der Waals surface area contributed by atoms with Gasteiger partial charge in [-0.15, -0.1) is 11.3 Å². The summed E-state index contributed by atoms with van der Waals surface area (Å²) in [6.45, 7) is 5.41. The standard InChI is InChI=1S/C15H21BrN2O2S/c1-14(2)12-10(6-8-20-12)15(14,17)13(19)18-7-5-9-3-4-11(16)21-9/h3-4,10,12H,5-8,17H2,1-2H3,(H,18,19). The van der Waals surface area contributed by atoms with Crippen LogP contribution in [0.5, 0.6) is 0 Å². The monoisotopic (exact) mass is 372 g/mol. The predicted octanol–water partition coefficient (Wildman–Crippen LogP) is 2.31. The second-order valence-corrected chi connectivity index (χ2v) is 9.04. The zero-order chi connectivity index (χ0) is 15.3. The molecule has 0 spiro atoms. The summed E-state index contributed by atoms with van der Waals surface area (Å²) in [5, 5.41) is 3.02. The summed E-state index contributed by atoms with van der Waals surface area (Å²) < 4.78 is 6.84. The Hall–Kier alpha value is -0.430.